The molecule has 0 radical (unpaired) electrons. The Hall–Kier alpha value is -2.78. The minimum absolute atomic E-state index is 0.0415. The van der Waals surface area contributed by atoms with Crippen molar-refractivity contribution in [3.05, 3.63) is 22.3 Å². The van der Waals surface area contributed by atoms with Gasteiger partial charge in [0.25, 0.3) is 11.8 Å². The molecule has 1 aromatic rings. The summed E-state index contributed by atoms with van der Waals surface area (Å²) in [5.74, 6) is -2.40. The Bertz CT molecular complexity index is 992. The van der Waals surface area contributed by atoms with Gasteiger partial charge in [-0.25, -0.2) is 9.78 Å². The molecule has 2 atom stereocenters. The molecule has 3 amide bonds. The molecule has 31 heavy (non-hydrogen) atoms. The highest BCUT2D eigenvalue weighted by Gasteiger charge is 2.54. The summed E-state index contributed by atoms with van der Waals surface area (Å²) in [5.41, 5.74) is 11.1. The van der Waals surface area contributed by atoms with Crippen molar-refractivity contribution < 1.29 is 29.1 Å². The van der Waals surface area contributed by atoms with Crippen molar-refractivity contribution in [3.63, 3.8) is 0 Å². The molecule has 0 aliphatic carbocycles. The number of nitrogen functional groups attached to an aromatic ring is 1. The van der Waals surface area contributed by atoms with Crippen LogP contribution >= 0.6 is 34.9 Å². The number of thioether (sulfide) groups is 2. The van der Waals surface area contributed by atoms with E-state index in [1.807, 2.05) is 0 Å². The van der Waals surface area contributed by atoms with Crippen LogP contribution in [0.25, 0.3) is 0 Å². The van der Waals surface area contributed by atoms with E-state index in [0.717, 1.165) is 16.2 Å². The van der Waals surface area contributed by atoms with Gasteiger partial charge < -0.3 is 26.7 Å². The highest BCUT2D eigenvalue weighted by Crippen LogP contribution is 2.41. The molecule has 12 nitrogen and oxygen atoms in total. The number of thiazole rings is 1. The van der Waals surface area contributed by atoms with Crippen molar-refractivity contribution >= 4 is 69.4 Å². The molecule has 1 saturated heterocycles. The number of fused-ring (bicyclic) bond motifs is 1. The largest absolute Gasteiger partial charge is 0.477 e. The number of nitrogens with zero attached hydrogens (tertiary/aromatic N) is 3. The first kappa shape index (κ1) is 22.9. The Morgan fingerprint density at radius 1 is 1.48 bits per heavy atom. The van der Waals surface area contributed by atoms with Crippen molar-refractivity contribution in [1.82, 2.24) is 15.2 Å². The van der Waals surface area contributed by atoms with Crippen molar-refractivity contribution in [1.29, 1.82) is 0 Å². The van der Waals surface area contributed by atoms with Gasteiger partial charge in [-0.15, -0.1) is 34.9 Å². The number of carbonyl (C=O) groups excluding carboxylic acids is 3. The van der Waals surface area contributed by atoms with Gasteiger partial charge in [0.15, 0.2) is 10.8 Å². The van der Waals surface area contributed by atoms with Crippen LogP contribution in [0.4, 0.5) is 5.13 Å². The predicted molar refractivity (Wildman–Crippen MR) is 116 cm³/mol. The zero-order chi connectivity index (χ0) is 22.7. The molecule has 1 fully saturated rings. The molecule has 2 aliphatic heterocycles. The number of β-lactam (4-membered cyclic amide) rings is 1. The van der Waals surface area contributed by atoms with Gasteiger partial charge in [-0.2, -0.15) is 0 Å². The zero-order valence-electron chi connectivity index (χ0n) is 16.1. The molecule has 15 heteroatoms. The quantitative estimate of drug-likeness (QED) is 0.192. The van der Waals surface area contributed by atoms with Gasteiger partial charge in [-0.3, -0.25) is 19.3 Å². The average molecular weight is 487 g/mol. The fourth-order valence-electron chi connectivity index (χ4n) is 2.97. The molecule has 0 saturated carbocycles. The van der Waals surface area contributed by atoms with Crippen LogP contribution in [0.3, 0.4) is 0 Å². The van der Waals surface area contributed by atoms with E-state index in [4.69, 9.17) is 16.3 Å². The van der Waals surface area contributed by atoms with Crippen LogP contribution in [0.1, 0.15) is 5.69 Å². The zero-order valence-corrected chi connectivity index (χ0v) is 18.5. The fourth-order valence-corrected chi connectivity index (χ4v) is 5.78. The minimum Gasteiger partial charge on any atom is -0.477 e. The Morgan fingerprint density at radius 3 is 2.81 bits per heavy atom. The van der Waals surface area contributed by atoms with Crippen molar-refractivity contribution in [2.75, 3.05) is 30.1 Å². The lowest BCUT2D eigenvalue weighted by Crippen LogP contribution is -2.71. The van der Waals surface area contributed by atoms with Crippen LogP contribution in [-0.2, 0) is 24.0 Å². The number of amides is 3. The number of carbonyl (C=O) groups is 4. The highest BCUT2D eigenvalue weighted by atomic mass is 32.2. The molecule has 3 rings (SSSR count). The third-order valence-corrected chi connectivity index (χ3v) is 7.27. The van der Waals surface area contributed by atoms with Crippen LogP contribution in [0, 0.1) is 0 Å². The van der Waals surface area contributed by atoms with Crippen molar-refractivity contribution in [3.8, 4) is 0 Å². The lowest BCUT2D eigenvalue weighted by molar-refractivity contribution is -0.150. The number of aromatic nitrogens is 1. The molecule has 3 heterocycles. The second-order valence-electron chi connectivity index (χ2n) is 6.27. The van der Waals surface area contributed by atoms with E-state index < -0.39 is 35.1 Å². The smallest absolute Gasteiger partial charge is 0.352 e. The van der Waals surface area contributed by atoms with E-state index in [-0.39, 0.29) is 33.7 Å². The molecule has 0 bridgehead atoms. The van der Waals surface area contributed by atoms with E-state index in [9.17, 15) is 24.3 Å². The number of hydrogen-bond donors (Lipinski definition) is 4. The topological polar surface area (TPSA) is 190 Å². The van der Waals surface area contributed by atoms with Gasteiger partial charge in [-0.1, -0.05) is 5.16 Å². The highest BCUT2D eigenvalue weighted by molar-refractivity contribution is 8.01. The summed E-state index contributed by atoms with van der Waals surface area (Å²) in [4.78, 5) is 58.0. The number of hydrogen-bond acceptors (Lipinski definition) is 11. The number of rotatable bonds is 9. The van der Waals surface area contributed by atoms with E-state index in [1.165, 1.54) is 36.0 Å². The molecule has 6 N–H and O–H groups in total. The SMILES string of the molecule is CO/N=C(/C(=O)N[C@@H]1C(=O)N2C(C(=O)O)=C(CSCC(N)=O)CS[C@H]12)c1csc(N)n1. The number of carboxylic acids is 1. The Balaban J connectivity index is 1.74. The number of primary amides is 1. The molecule has 2 aliphatic rings. The van der Waals surface area contributed by atoms with Gasteiger partial charge in [0.05, 0.1) is 5.75 Å². The molecular formula is C16H18N6O6S3. The lowest BCUT2D eigenvalue weighted by Gasteiger charge is -2.49. The first-order chi connectivity index (χ1) is 14.7. The normalized spacial score (nSPS) is 20.7. The van der Waals surface area contributed by atoms with Crippen LogP contribution in [0.15, 0.2) is 21.8 Å². The van der Waals surface area contributed by atoms with Gasteiger partial charge in [-0.05, 0) is 5.57 Å². The minimum atomic E-state index is -1.25. The molecular weight excluding hydrogens is 468 g/mol. The first-order valence-electron chi connectivity index (χ1n) is 8.64. The second-order valence-corrected chi connectivity index (χ2v) is 9.25. The van der Waals surface area contributed by atoms with Gasteiger partial charge in [0.2, 0.25) is 5.91 Å². The summed E-state index contributed by atoms with van der Waals surface area (Å²) in [5, 5.41) is 17.0. The van der Waals surface area contributed by atoms with E-state index in [1.54, 1.807) is 0 Å². The number of carboxylic acid groups (broad SMARTS) is 1. The van der Waals surface area contributed by atoms with E-state index in [2.05, 4.69) is 15.5 Å². The van der Waals surface area contributed by atoms with Crippen LogP contribution in [0.2, 0.25) is 0 Å². The first-order valence-corrected chi connectivity index (χ1v) is 11.7. The third-order valence-electron chi connectivity index (χ3n) is 4.22. The summed E-state index contributed by atoms with van der Waals surface area (Å²) in [6, 6.07) is -0.940. The Labute approximate surface area is 188 Å². The summed E-state index contributed by atoms with van der Waals surface area (Å²) >= 11 is 3.60. The number of aliphatic carboxylic acids is 1. The second kappa shape index (κ2) is 9.57. The fraction of sp³-hybridized carbons (Fsp3) is 0.375. The maximum Gasteiger partial charge on any atom is 0.352 e. The molecule has 0 aromatic carbocycles. The van der Waals surface area contributed by atoms with E-state index >= 15 is 0 Å². The number of oxime groups is 1. The number of nitrogens with one attached hydrogen (secondary N) is 1. The molecule has 0 spiro atoms. The monoisotopic (exact) mass is 486 g/mol. The van der Waals surface area contributed by atoms with Crippen molar-refractivity contribution in [2.24, 2.45) is 10.9 Å². The summed E-state index contributed by atoms with van der Waals surface area (Å²) < 4.78 is 0. The third kappa shape index (κ3) is 4.77. The number of nitrogens with two attached hydrogens (primary N) is 2. The average Bonchev–Trinajstić information content (AvgIpc) is 3.14. The standard InChI is InChI=1S/C16H18N6O6S3/c1-28-21-9(7-4-31-16(18)19-7)12(24)20-10-13(25)22-11(15(26)27)6(3-30-14(10)22)2-29-5-8(17)23/h4,10,14H,2-3,5H2,1H3,(H2,17,23)(H2,18,19)(H,20,24)(H,26,27)/b21-9+/t10-,14-/m1/s1. The van der Waals surface area contributed by atoms with Crippen LogP contribution in [0.5, 0.6) is 0 Å². The van der Waals surface area contributed by atoms with Crippen LogP contribution < -0.4 is 16.8 Å². The van der Waals surface area contributed by atoms with Gasteiger partial charge in [0.1, 0.15) is 29.9 Å². The summed E-state index contributed by atoms with van der Waals surface area (Å²) in [6.45, 7) is 0. The van der Waals surface area contributed by atoms with E-state index in [0.29, 0.717) is 11.3 Å². The molecule has 166 valence electrons. The van der Waals surface area contributed by atoms with Gasteiger partial charge in [0, 0.05) is 16.9 Å². The van der Waals surface area contributed by atoms with Gasteiger partial charge >= 0.3 is 5.97 Å². The summed E-state index contributed by atoms with van der Waals surface area (Å²) in [6.07, 6.45) is 0. The predicted octanol–water partition coefficient (Wildman–Crippen LogP) is -0.967. The van der Waals surface area contributed by atoms with Crippen LogP contribution in [-0.4, -0.2) is 80.2 Å². The Kier molecular flexibility index (Phi) is 7.07. The molecule has 1 aromatic heterocycles. The Morgan fingerprint density at radius 2 is 2.23 bits per heavy atom. The number of anilines is 1. The lowest BCUT2D eigenvalue weighted by atomic mass is 10.0. The summed E-state index contributed by atoms with van der Waals surface area (Å²) in [7, 11) is 1.26. The molecule has 0 unspecified atom stereocenters. The van der Waals surface area contributed by atoms with Crippen molar-refractivity contribution in [2.45, 2.75) is 11.4 Å². The maximum absolute atomic E-state index is 12.7. The maximum atomic E-state index is 12.7.